The van der Waals surface area contributed by atoms with Crippen LogP contribution in [0.2, 0.25) is 0 Å². The Balaban J connectivity index is 1.69. The molecule has 38 heavy (non-hydrogen) atoms. The SMILES string of the molecule is C=C1CC=CCc2ccc3[nH]c4ccc(cc4c3c2)CC(NC(C)=O)C(=O)N[C@@H](CCCCNCl)C(=O)N1. The van der Waals surface area contributed by atoms with Crippen molar-refractivity contribution in [2.45, 2.75) is 57.5 Å². The molecule has 4 rings (SSSR count). The number of fused-ring (bicyclic) bond motifs is 2. The van der Waals surface area contributed by atoms with Crippen LogP contribution in [-0.4, -0.2) is 41.3 Å². The van der Waals surface area contributed by atoms with Gasteiger partial charge >= 0.3 is 0 Å². The number of hydrogen-bond acceptors (Lipinski definition) is 4. The third-order valence-corrected chi connectivity index (χ3v) is 6.88. The minimum atomic E-state index is -0.837. The molecule has 0 saturated heterocycles. The van der Waals surface area contributed by atoms with Crippen molar-refractivity contribution in [3.8, 4) is 0 Å². The fourth-order valence-electron chi connectivity index (χ4n) is 4.77. The van der Waals surface area contributed by atoms with Gasteiger partial charge in [0, 0.05) is 53.8 Å². The minimum absolute atomic E-state index is 0.285. The summed E-state index contributed by atoms with van der Waals surface area (Å²) in [6, 6.07) is 10.7. The number of unbranched alkanes of at least 4 members (excludes halogenated alkanes) is 1. The van der Waals surface area contributed by atoms with Crippen molar-refractivity contribution < 1.29 is 14.4 Å². The number of aromatic nitrogens is 1. The molecule has 2 atom stereocenters. The van der Waals surface area contributed by atoms with Crippen molar-refractivity contribution in [2.75, 3.05) is 6.54 Å². The van der Waals surface area contributed by atoms with E-state index in [1.54, 1.807) is 0 Å². The van der Waals surface area contributed by atoms with E-state index in [4.69, 9.17) is 11.8 Å². The Bertz CT molecular complexity index is 1380. The fourth-order valence-corrected chi connectivity index (χ4v) is 4.91. The Morgan fingerprint density at radius 2 is 1.68 bits per heavy atom. The van der Waals surface area contributed by atoms with Gasteiger partial charge in [0.1, 0.15) is 12.1 Å². The van der Waals surface area contributed by atoms with Gasteiger partial charge in [-0.15, -0.1) is 0 Å². The van der Waals surface area contributed by atoms with Crippen LogP contribution in [0.3, 0.4) is 0 Å². The van der Waals surface area contributed by atoms with E-state index in [0.29, 0.717) is 31.5 Å². The average Bonchev–Trinajstić information content (AvgIpc) is 3.24. The molecule has 0 aliphatic carbocycles. The smallest absolute Gasteiger partial charge is 0.246 e. The number of benzene rings is 2. The van der Waals surface area contributed by atoms with E-state index in [9.17, 15) is 14.4 Å². The molecule has 1 unspecified atom stereocenters. The summed E-state index contributed by atoms with van der Waals surface area (Å²) >= 11 is 5.56. The molecule has 0 saturated carbocycles. The zero-order valence-electron chi connectivity index (χ0n) is 21.5. The summed E-state index contributed by atoms with van der Waals surface area (Å²) in [5, 5.41) is 10.6. The molecule has 1 aromatic heterocycles. The van der Waals surface area contributed by atoms with Crippen LogP contribution in [0.15, 0.2) is 60.8 Å². The predicted octanol–water partition coefficient (Wildman–Crippen LogP) is 3.90. The van der Waals surface area contributed by atoms with E-state index in [1.165, 1.54) is 6.92 Å². The summed E-state index contributed by atoms with van der Waals surface area (Å²) in [7, 11) is 0. The summed E-state index contributed by atoms with van der Waals surface area (Å²) in [5.41, 5.74) is 4.66. The third kappa shape index (κ3) is 7.02. The number of hydrogen-bond donors (Lipinski definition) is 5. The van der Waals surface area contributed by atoms with E-state index in [0.717, 1.165) is 45.8 Å². The molecular weight excluding hydrogens is 502 g/mol. The second-order valence-electron chi connectivity index (χ2n) is 9.76. The highest BCUT2D eigenvalue weighted by atomic mass is 35.5. The number of aromatic amines is 1. The summed E-state index contributed by atoms with van der Waals surface area (Å²) in [5.74, 6) is -1.06. The Morgan fingerprint density at radius 3 is 2.39 bits per heavy atom. The summed E-state index contributed by atoms with van der Waals surface area (Å²) < 4.78 is 0. The number of carbonyl (C=O) groups excluding carboxylic acids is 3. The molecule has 3 amide bonds. The number of H-pyrrole nitrogens is 1. The molecule has 0 radical (unpaired) electrons. The van der Waals surface area contributed by atoms with Gasteiger partial charge in [0.15, 0.2) is 0 Å². The minimum Gasteiger partial charge on any atom is -0.355 e. The average molecular weight is 536 g/mol. The van der Waals surface area contributed by atoms with Crippen molar-refractivity contribution in [3.05, 3.63) is 72.0 Å². The maximum Gasteiger partial charge on any atom is 0.246 e. The van der Waals surface area contributed by atoms with Gasteiger partial charge in [-0.3, -0.25) is 14.4 Å². The summed E-state index contributed by atoms with van der Waals surface area (Å²) in [4.78, 5) is 44.5. The molecule has 0 spiro atoms. The monoisotopic (exact) mass is 535 g/mol. The molecule has 2 aromatic carbocycles. The molecule has 4 bridgehead atoms. The van der Waals surface area contributed by atoms with Crippen LogP contribution >= 0.6 is 11.8 Å². The summed E-state index contributed by atoms with van der Waals surface area (Å²) in [6.07, 6.45) is 7.41. The van der Waals surface area contributed by atoms with Crippen LogP contribution in [0.5, 0.6) is 0 Å². The second-order valence-corrected chi connectivity index (χ2v) is 10.0. The van der Waals surface area contributed by atoms with Gasteiger partial charge in [0.25, 0.3) is 0 Å². The molecule has 9 heteroatoms. The quantitative estimate of drug-likeness (QED) is 0.187. The van der Waals surface area contributed by atoms with E-state index >= 15 is 0 Å². The fraction of sp³-hybridized carbons (Fsp3) is 0.345. The van der Waals surface area contributed by atoms with Crippen molar-refractivity contribution >= 4 is 51.3 Å². The largest absolute Gasteiger partial charge is 0.355 e. The number of amides is 3. The van der Waals surface area contributed by atoms with E-state index < -0.39 is 18.0 Å². The number of nitrogens with one attached hydrogen (secondary N) is 5. The Labute approximate surface area is 227 Å². The second kappa shape index (κ2) is 12.8. The molecule has 3 aromatic rings. The van der Waals surface area contributed by atoms with Gasteiger partial charge in [-0.2, -0.15) is 0 Å². The number of rotatable bonds is 6. The topological polar surface area (TPSA) is 115 Å². The molecular formula is C29H34ClN5O3. The van der Waals surface area contributed by atoms with Gasteiger partial charge in [-0.1, -0.05) is 30.9 Å². The van der Waals surface area contributed by atoms with E-state index in [2.05, 4.69) is 62.7 Å². The zero-order valence-corrected chi connectivity index (χ0v) is 22.3. The lowest BCUT2D eigenvalue weighted by Crippen LogP contribution is -2.54. The summed E-state index contributed by atoms with van der Waals surface area (Å²) in [6.45, 7) is 5.95. The van der Waals surface area contributed by atoms with Gasteiger partial charge in [-0.25, -0.2) is 4.84 Å². The standard InChI is InChI=1S/C29H34ClN5O3/c1-18-7-3-4-8-20-10-12-24-22(15-20)23-16-21(11-13-25(23)34-24)17-27(33-19(2)36)29(38)35-26(28(37)32-18)9-5-6-14-31-30/h3-4,10-13,15-16,26-27,31,34H,1,5-9,14,17H2,2H3,(H,32,37)(H,33,36)(H,35,38)/t26-,27?/m0/s1. The van der Waals surface area contributed by atoms with Crippen molar-refractivity contribution in [2.24, 2.45) is 0 Å². The molecule has 5 N–H and O–H groups in total. The number of allylic oxidation sites excluding steroid dienone is 2. The Morgan fingerprint density at radius 1 is 1.00 bits per heavy atom. The highest BCUT2D eigenvalue weighted by Crippen LogP contribution is 2.28. The van der Waals surface area contributed by atoms with Gasteiger partial charge < -0.3 is 20.9 Å². The molecule has 0 fully saturated rings. The molecule has 1 aliphatic rings. The lowest BCUT2D eigenvalue weighted by atomic mass is 10.0. The lowest BCUT2D eigenvalue weighted by Gasteiger charge is -2.23. The normalized spacial score (nSPS) is 19.1. The van der Waals surface area contributed by atoms with E-state index in [-0.39, 0.29) is 18.2 Å². The highest BCUT2D eigenvalue weighted by Gasteiger charge is 2.27. The number of halogens is 1. The van der Waals surface area contributed by atoms with Crippen molar-refractivity contribution in [3.63, 3.8) is 0 Å². The first kappa shape index (κ1) is 27.4. The van der Waals surface area contributed by atoms with Crippen LogP contribution in [0, 0.1) is 0 Å². The first-order chi connectivity index (χ1) is 18.3. The van der Waals surface area contributed by atoms with Gasteiger partial charge in [-0.05, 0) is 72.9 Å². The molecule has 1 aliphatic heterocycles. The third-order valence-electron chi connectivity index (χ3n) is 6.69. The van der Waals surface area contributed by atoms with Crippen molar-refractivity contribution in [1.82, 2.24) is 25.8 Å². The van der Waals surface area contributed by atoms with Crippen LogP contribution in [-0.2, 0) is 27.2 Å². The number of carbonyl (C=O) groups is 3. The predicted molar refractivity (Wildman–Crippen MR) is 151 cm³/mol. The van der Waals surface area contributed by atoms with Gasteiger partial charge in [0.05, 0.1) is 0 Å². The van der Waals surface area contributed by atoms with Crippen LogP contribution < -0.4 is 20.8 Å². The van der Waals surface area contributed by atoms with Gasteiger partial charge in [0.2, 0.25) is 17.7 Å². The Hall–Kier alpha value is -3.62. The van der Waals surface area contributed by atoms with Crippen molar-refractivity contribution in [1.29, 1.82) is 0 Å². The van der Waals surface area contributed by atoms with E-state index in [1.807, 2.05) is 18.2 Å². The molecule has 200 valence electrons. The van der Waals surface area contributed by atoms with Crippen LogP contribution in [0.25, 0.3) is 21.8 Å². The first-order valence-corrected chi connectivity index (χ1v) is 13.3. The molecule has 8 nitrogen and oxygen atoms in total. The highest BCUT2D eigenvalue weighted by molar-refractivity contribution is 6.13. The maximum atomic E-state index is 13.4. The zero-order chi connectivity index (χ0) is 27.1. The Kier molecular flexibility index (Phi) is 9.20. The lowest BCUT2D eigenvalue weighted by molar-refractivity contribution is -0.131. The maximum absolute atomic E-state index is 13.4. The van der Waals surface area contributed by atoms with Crippen LogP contribution in [0.1, 0.15) is 43.7 Å². The molecule has 2 heterocycles. The first-order valence-electron chi connectivity index (χ1n) is 12.9. The van der Waals surface area contributed by atoms with Crippen LogP contribution in [0.4, 0.5) is 0 Å².